The second-order valence-electron chi connectivity index (χ2n) is 6.44. The standard InChI is InChI=1S/C19H22FN5O3/c1-3-8-25-18(26)7-5-14(24-25)19(27)23-17-10-15(21-11-22-17)13-9-12(20)4-6-16(13)28-2/h9-11H,3-8H2,1-2H3,(H,21,22,23,27). The first-order valence-electron chi connectivity index (χ1n) is 9.16. The molecule has 1 N–H and O–H groups in total. The molecule has 28 heavy (non-hydrogen) atoms. The van der Waals surface area contributed by atoms with E-state index in [4.69, 9.17) is 4.74 Å². The zero-order valence-corrected chi connectivity index (χ0v) is 15.9. The number of hydrazone groups is 1. The van der Waals surface area contributed by atoms with E-state index < -0.39 is 5.91 Å². The second kappa shape index (κ2) is 8.73. The van der Waals surface area contributed by atoms with Gasteiger partial charge in [0.2, 0.25) is 5.91 Å². The van der Waals surface area contributed by atoms with E-state index in [1.54, 1.807) is 6.07 Å². The van der Waals surface area contributed by atoms with Gasteiger partial charge in [-0.2, -0.15) is 5.10 Å². The number of nitrogens with zero attached hydrogens (tertiary/aromatic N) is 4. The molecule has 2 heterocycles. The Kier molecular flexibility index (Phi) is 6.13. The van der Waals surface area contributed by atoms with Crippen LogP contribution in [0.3, 0.4) is 0 Å². The van der Waals surface area contributed by atoms with Crippen LogP contribution in [0.15, 0.2) is 35.2 Å². The summed E-state index contributed by atoms with van der Waals surface area (Å²) in [6.07, 6.45) is 4.68. The summed E-state index contributed by atoms with van der Waals surface area (Å²) in [5, 5.41) is 8.16. The van der Waals surface area contributed by atoms with Crippen LogP contribution >= 0.6 is 0 Å². The fourth-order valence-corrected chi connectivity index (χ4v) is 3.02. The number of allylic oxidation sites excluding steroid dienone is 4. The van der Waals surface area contributed by atoms with Crippen molar-refractivity contribution in [2.45, 2.75) is 39.0 Å². The van der Waals surface area contributed by atoms with Gasteiger partial charge in [0.15, 0.2) is 0 Å². The van der Waals surface area contributed by atoms with Crippen LogP contribution in [0.1, 0.15) is 44.7 Å². The third kappa shape index (κ3) is 4.41. The molecule has 3 rings (SSSR count). The van der Waals surface area contributed by atoms with Crippen molar-refractivity contribution in [1.82, 2.24) is 15.0 Å². The van der Waals surface area contributed by atoms with Gasteiger partial charge in [-0.1, -0.05) is 6.92 Å². The van der Waals surface area contributed by atoms with Crippen LogP contribution in [0.4, 0.5) is 10.2 Å². The van der Waals surface area contributed by atoms with Crippen LogP contribution in [0.2, 0.25) is 0 Å². The van der Waals surface area contributed by atoms with Crippen molar-refractivity contribution in [3.63, 3.8) is 0 Å². The summed E-state index contributed by atoms with van der Waals surface area (Å²) >= 11 is 0. The summed E-state index contributed by atoms with van der Waals surface area (Å²) < 4.78 is 19.1. The van der Waals surface area contributed by atoms with Crippen LogP contribution < -0.4 is 5.32 Å². The minimum atomic E-state index is -0.426. The molecule has 1 aromatic rings. The average Bonchev–Trinajstić information content (AvgIpc) is 2.70. The Hall–Kier alpha value is -3.10. The van der Waals surface area contributed by atoms with E-state index in [1.165, 1.54) is 24.5 Å². The molecule has 8 nitrogen and oxygen atoms in total. The summed E-state index contributed by atoms with van der Waals surface area (Å²) in [4.78, 5) is 32.6. The first-order chi connectivity index (χ1) is 13.5. The molecule has 1 aliphatic carbocycles. The minimum Gasteiger partial charge on any atom is -0.500 e. The topological polar surface area (TPSA) is 96.8 Å². The van der Waals surface area contributed by atoms with E-state index in [1.807, 2.05) is 6.92 Å². The minimum absolute atomic E-state index is 0.0899. The zero-order valence-electron chi connectivity index (χ0n) is 15.9. The van der Waals surface area contributed by atoms with Crippen molar-refractivity contribution in [1.29, 1.82) is 0 Å². The Balaban J connectivity index is 1.80. The quantitative estimate of drug-likeness (QED) is 0.810. The van der Waals surface area contributed by atoms with Crippen molar-refractivity contribution in [2.75, 3.05) is 19.0 Å². The van der Waals surface area contributed by atoms with Gasteiger partial charge in [-0.05, 0) is 12.5 Å². The van der Waals surface area contributed by atoms with Crippen LogP contribution in [-0.2, 0) is 14.3 Å². The third-order valence-electron chi connectivity index (χ3n) is 4.43. The molecule has 0 saturated carbocycles. The molecule has 2 amide bonds. The summed E-state index contributed by atoms with van der Waals surface area (Å²) in [6.45, 7) is 2.41. The lowest BCUT2D eigenvalue weighted by molar-refractivity contribution is -0.131. The lowest BCUT2D eigenvalue weighted by Gasteiger charge is -2.22. The van der Waals surface area contributed by atoms with Crippen molar-refractivity contribution < 1.29 is 18.7 Å². The van der Waals surface area contributed by atoms with Gasteiger partial charge in [0, 0.05) is 43.9 Å². The summed E-state index contributed by atoms with van der Waals surface area (Å²) in [7, 11) is 1.53. The molecule has 1 aromatic heterocycles. The molecule has 0 radical (unpaired) electrons. The first kappa shape index (κ1) is 19.7. The van der Waals surface area contributed by atoms with Gasteiger partial charge in [-0.3, -0.25) is 9.59 Å². The Morgan fingerprint density at radius 1 is 1.29 bits per heavy atom. The van der Waals surface area contributed by atoms with E-state index >= 15 is 0 Å². The first-order valence-corrected chi connectivity index (χ1v) is 9.16. The SMILES string of the molecule is CCCN1N=C(C(=O)Nc2cc(C3=C(OC)CCC(F)=C3)ncn2)CCC1=O. The van der Waals surface area contributed by atoms with Crippen molar-refractivity contribution in [2.24, 2.45) is 5.10 Å². The van der Waals surface area contributed by atoms with Gasteiger partial charge in [0.05, 0.1) is 12.8 Å². The van der Waals surface area contributed by atoms with Gasteiger partial charge in [-0.15, -0.1) is 0 Å². The number of carbonyl (C=O) groups is 2. The van der Waals surface area contributed by atoms with Crippen LogP contribution in [0.25, 0.3) is 5.57 Å². The lowest BCUT2D eigenvalue weighted by Crippen LogP contribution is -2.36. The molecular weight excluding hydrogens is 365 g/mol. The number of methoxy groups -OCH3 is 1. The number of rotatable bonds is 6. The number of nitrogens with one attached hydrogen (secondary N) is 1. The highest BCUT2D eigenvalue weighted by molar-refractivity contribution is 6.43. The number of halogens is 1. The molecule has 148 valence electrons. The number of hydrogen-bond acceptors (Lipinski definition) is 6. The largest absolute Gasteiger partial charge is 0.500 e. The van der Waals surface area contributed by atoms with Gasteiger partial charge in [0.25, 0.3) is 5.91 Å². The zero-order chi connectivity index (χ0) is 20.1. The average molecular weight is 387 g/mol. The molecule has 0 aromatic carbocycles. The van der Waals surface area contributed by atoms with E-state index in [9.17, 15) is 14.0 Å². The number of carbonyl (C=O) groups excluding carboxylic acids is 2. The van der Waals surface area contributed by atoms with E-state index in [0.717, 1.165) is 6.42 Å². The molecule has 9 heteroatoms. The molecule has 0 spiro atoms. The fraction of sp³-hybridized carbons (Fsp3) is 0.421. The molecule has 1 aliphatic heterocycles. The van der Waals surface area contributed by atoms with Gasteiger partial charge in [0.1, 0.15) is 29.4 Å². The maximum atomic E-state index is 13.7. The molecule has 0 unspecified atom stereocenters. The molecule has 0 atom stereocenters. The maximum Gasteiger partial charge on any atom is 0.273 e. The Morgan fingerprint density at radius 2 is 2.11 bits per heavy atom. The Labute approximate surface area is 162 Å². The Morgan fingerprint density at radius 3 is 2.86 bits per heavy atom. The smallest absolute Gasteiger partial charge is 0.273 e. The highest BCUT2D eigenvalue weighted by Gasteiger charge is 2.24. The highest BCUT2D eigenvalue weighted by Crippen LogP contribution is 2.31. The van der Waals surface area contributed by atoms with E-state index in [2.05, 4.69) is 20.4 Å². The maximum absolute atomic E-state index is 13.7. The predicted molar refractivity (Wildman–Crippen MR) is 102 cm³/mol. The van der Waals surface area contributed by atoms with Crippen molar-refractivity contribution >= 4 is 28.9 Å². The molecule has 0 bridgehead atoms. The number of aromatic nitrogens is 2. The van der Waals surface area contributed by atoms with Crippen molar-refractivity contribution in [3.8, 4) is 0 Å². The normalized spacial score (nSPS) is 17.2. The number of anilines is 1. The summed E-state index contributed by atoms with van der Waals surface area (Å²) in [6, 6.07) is 1.56. The van der Waals surface area contributed by atoms with Crippen LogP contribution in [-0.4, -0.2) is 46.2 Å². The second-order valence-corrected chi connectivity index (χ2v) is 6.44. The summed E-state index contributed by atoms with van der Waals surface area (Å²) in [5.74, 6) is 0.122. The van der Waals surface area contributed by atoms with E-state index in [0.29, 0.717) is 30.0 Å². The van der Waals surface area contributed by atoms with Crippen molar-refractivity contribution in [3.05, 3.63) is 35.7 Å². The summed E-state index contributed by atoms with van der Waals surface area (Å²) in [5.41, 5.74) is 1.25. The van der Waals surface area contributed by atoms with Gasteiger partial charge < -0.3 is 10.1 Å². The molecule has 2 aliphatic rings. The third-order valence-corrected chi connectivity index (χ3v) is 4.43. The van der Waals surface area contributed by atoms with Gasteiger partial charge >= 0.3 is 0 Å². The molecule has 0 fully saturated rings. The number of amides is 2. The predicted octanol–water partition coefficient (Wildman–Crippen LogP) is 2.81. The monoisotopic (exact) mass is 387 g/mol. The fourth-order valence-electron chi connectivity index (χ4n) is 3.02. The molecular formula is C19H22FN5O3. The molecule has 0 saturated heterocycles. The lowest BCUT2D eigenvalue weighted by atomic mass is 10.0. The number of hydrogen-bond donors (Lipinski definition) is 1. The van der Waals surface area contributed by atoms with Gasteiger partial charge in [-0.25, -0.2) is 19.4 Å². The van der Waals surface area contributed by atoms with E-state index in [-0.39, 0.29) is 42.5 Å². The van der Waals surface area contributed by atoms with Crippen LogP contribution in [0, 0.1) is 0 Å². The highest BCUT2D eigenvalue weighted by atomic mass is 19.1. The number of ether oxygens (including phenoxy) is 1. The van der Waals surface area contributed by atoms with Crippen LogP contribution in [0.5, 0.6) is 0 Å². The Bertz CT molecular complexity index is 878.